The van der Waals surface area contributed by atoms with Gasteiger partial charge in [0.05, 0.1) is 10.7 Å². The fourth-order valence-corrected chi connectivity index (χ4v) is 6.03. The van der Waals surface area contributed by atoms with Crippen LogP contribution < -0.4 is 5.32 Å². The lowest BCUT2D eigenvalue weighted by atomic mass is 10.0. The number of nitrogens with zero attached hydrogens (tertiary/aromatic N) is 1. The molecule has 0 spiro atoms. The van der Waals surface area contributed by atoms with Crippen LogP contribution in [-0.4, -0.2) is 39.1 Å². The van der Waals surface area contributed by atoms with Gasteiger partial charge in [0.2, 0.25) is 0 Å². The van der Waals surface area contributed by atoms with Gasteiger partial charge < -0.3 is 19.7 Å². The molecular formula is C36H37N3O4S. The van der Waals surface area contributed by atoms with Crippen LogP contribution in [0.25, 0.3) is 10.9 Å². The Morgan fingerprint density at radius 3 is 2.25 bits per heavy atom. The highest BCUT2D eigenvalue weighted by molar-refractivity contribution is 7.99. The number of ether oxygens (including phenoxy) is 1. The molecule has 226 valence electrons. The van der Waals surface area contributed by atoms with Gasteiger partial charge in [-0.15, -0.1) is 0 Å². The number of amides is 2. The summed E-state index contributed by atoms with van der Waals surface area (Å²) in [6, 6.07) is 34.8. The average Bonchev–Trinajstić information content (AvgIpc) is 3.35. The van der Waals surface area contributed by atoms with Crippen LogP contribution in [0.15, 0.2) is 119 Å². The highest BCUT2D eigenvalue weighted by atomic mass is 32.2. The molecule has 1 heterocycles. The van der Waals surface area contributed by atoms with Crippen LogP contribution in [-0.2, 0) is 22.5 Å². The molecule has 44 heavy (non-hydrogen) atoms. The van der Waals surface area contributed by atoms with Gasteiger partial charge in [0, 0.05) is 34.5 Å². The zero-order valence-corrected chi connectivity index (χ0v) is 25.9. The van der Waals surface area contributed by atoms with Gasteiger partial charge in [0.25, 0.3) is 5.91 Å². The molecule has 0 saturated heterocycles. The number of aliphatic hydroxyl groups is 1. The van der Waals surface area contributed by atoms with Crippen molar-refractivity contribution in [2.45, 2.75) is 55.4 Å². The number of rotatable bonds is 10. The first kappa shape index (κ1) is 30.9. The van der Waals surface area contributed by atoms with Crippen molar-refractivity contribution in [1.29, 1.82) is 0 Å². The quantitative estimate of drug-likeness (QED) is 0.150. The van der Waals surface area contributed by atoms with Gasteiger partial charge in [-0.2, -0.15) is 0 Å². The maximum atomic E-state index is 14.0. The first-order chi connectivity index (χ1) is 21.2. The second-order valence-electron chi connectivity index (χ2n) is 11.5. The lowest BCUT2D eigenvalue weighted by Gasteiger charge is -2.27. The minimum atomic E-state index is -1.49. The molecule has 5 aromatic rings. The third kappa shape index (κ3) is 7.89. The van der Waals surface area contributed by atoms with E-state index < -0.39 is 23.7 Å². The Morgan fingerprint density at radius 1 is 0.886 bits per heavy atom. The van der Waals surface area contributed by atoms with Crippen molar-refractivity contribution in [3.63, 3.8) is 0 Å². The van der Waals surface area contributed by atoms with E-state index in [0.717, 1.165) is 32.0 Å². The SMILES string of the molecule is CC(C)(C)OC(=O)Nc1ccccc1C(O)C(=O)N(CCc1c(Sc2ccccc2)[nH]c2ccccc12)Cc1ccccc1. The Balaban J connectivity index is 1.42. The van der Waals surface area contributed by atoms with Crippen LogP contribution in [0.3, 0.4) is 0 Å². The predicted molar refractivity (Wildman–Crippen MR) is 176 cm³/mol. The van der Waals surface area contributed by atoms with Crippen LogP contribution in [0.5, 0.6) is 0 Å². The number of aliphatic hydroxyl groups excluding tert-OH is 1. The standard InChI is InChI=1S/C36H37N3O4S/c1-36(2,3)43-35(42)38-31-21-13-11-19-29(31)32(40)34(41)39(24-25-14-6-4-7-15-25)23-22-28-27-18-10-12-20-30(27)37-33(28)44-26-16-8-5-9-17-26/h4-21,32,37,40H,22-24H2,1-3H3,(H,38,42). The molecule has 7 nitrogen and oxygen atoms in total. The molecule has 8 heteroatoms. The molecule has 3 N–H and O–H groups in total. The fraction of sp³-hybridized carbons (Fsp3) is 0.222. The second-order valence-corrected chi connectivity index (χ2v) is 12.6. The molecule has 1 aromatic heterocycles. The molecule has 1 atom stereocenters. The summed E-state index contributed by atoms with van der Waals surface area (Å²) in [6.45, 7) is 6.01. The highest BCUT2D eigenvalue weighted by Gasteiger charge is 2.28. The summed E-state index contributed by atoms with van der Waals surface area (Å²) in [5.74, 6) is -0.454. The molecule has 0 saturated carbocycles. The Morgan fingerprint density at radius 2 is 1.52 bits per heavy atom. The summed E-state index contributed by atoms with van der Waals surface area (Å²) in [6.07, 6.45) is -1.58. The first-order valence-corrected chi connectivity index (χ1v) is 15.4. The van der Waals surface area contributed by atoms with E-state index in [9.17, 15) is 14.7 Å². The number of hydrogen-bond acceptors (Lipinski definition) is 5. The van der Waals surface area contributed by atoms with E-state index in [2.05, 4.69) is 34.6 Å². The largest absolute Gasteiger partial charge is 0.444 e. The molecule has 2 amide bonds. The minimum absolute atomic E-state index is 0.300. The normalized spacial score (nSPS) is 12.1. The van der Waals surface area contributed by atoms with Gasteiger partial charge in [-0.05, 0) is 62.6 Å². The van der Waals surface area contributed by atoms with Crippen molar-refractivity contribution in [1.82, 2.24) is 9.88 Å². The number of benzene rings is 4. The van der Waals surface area contributed by atoms with Crippen LogP contribution in [0, 0.1) is 0 Å². The molecule has 0 aliphatic heterocycles. The lowest BCUT2D eigenvalue weighted by Crippen LogP contribution is -2.36. The number of fused-ring (bicyclic) bond motifs is 1. The van der Waals surface area contributed by atoms with Gasteiger partial charge in [-0.25, -0.2) is 4.79 Å². The van der Waals surface area contributed by atoms with Crippen molar-refractivity contribution in [3.8, 4) is 0 Å². The first-order valence-electron chi connectivity index (χ1n) is 14.6. The van der Waals surface area contributed by atoms with Gasteiger partial charge >= 0.3 is 6.09 Å². The van der Waals surface area contributed by atoms with E-state index in [-0.39, 0.29) is 0 Å². The van der Waals surface area contributed by atoms with Crippen molar-refractivity contribution in [2.75, 3.05) is 11.9 Å². The molecular weight excluding hydrogens is 570 g/mol. The third-order valence-electron chi connectivity index (χ3n) is 7.02. The fourth-order valence-electron chi connectivity index (χ4n) is 5.00. The maximum absolute atomic E-state index is 14.0. The van der Waals surface area contributed by atoms with Crippen LogP contribution in [0.4, 0.5) is 10.5 Å². The van der Waals surface area contributed by atoms with E-state index in [1.165, 1.54) is 0 Å². The Hall–Kier alpha value is -4.53. The van der Waals surface area contributed by atoms with E-state index in [0.29, 0.717) is 30.8 Å². The smallest absolute Gasteiger partial charge is 0.412 e. The summed E-state index contributed by atoms with van der Waals surface area (Å²) in [5.41, 5.74) is 3.02. The number of nitrogens with one attached hydrogen (secondary N) is 2. The number of hydrogen-bond donors (Lipinski definition) is 3. The number of carbonyl (C=O) groups is 2. The van der Waals surface area contributed by atoms with Crippen LogP contribution >= 0.6 is 11.8 Å². The number of aromatic nitrogens is 1. The molecule has 0 fully saturated rings. The number of carbonyl (C=O) groups excluding carboxylic acids is 2. The van der Waals surface area contributed by atoms with E-state index in [1.54, 1.807) is 61.7 Å². The molecule has 0 radical (unpaired) electrons. The highest BCUT2D eigenvalue weighted by Crippen LogP contribution is 2.35. The summed E-state index contributed by atoms with van der Waals surface area (Å²) >= 11 is 1.66. The molecule has 4 aromatic carbocycles. The summed E-state index contributed by atoms with van der Waals surface area (Å²) in [5, 5.41) is 16.3. The molecule has 5 rings (SSSR count). The van der Waals surface area contributed by atoms with Crippen molar-refractivity contribution in [2.24, 2.45) is 0 Å². The number of anilines is 1. The van der Waals surface area contributed by atoms with E-state index >= 15 is 0 Å². The van der Waals surface area contributed by atoms with Crippen LogP contribution in [0.2, 0.25) is 0 Å². The molecule has 0 aliphatic rings. The maximum Gasteiger partial charge on any atom is 0.412 e. The number of para-hydroxylation sites is 2. The summed E-state index contributed by atoms with van der Waals surface area (Å²) in [7, 11) is 0. The summed E-state index contributed by atoms with van der Waals surface area (Å²) < 4.78 is 5.40. The van der Waals surface area contributed by atoms with Gasteiger partial charge in [0.1, 0.15) is 5.60 Å². The van der Waals surface area contributed by atoms with Crippen molar-refractivity contribution < 1.29 is 19.4 Å². The number of H-pyrrole nitrogens is 1. The molecule has 0 bridgehead atoms. The topological polar surface area (TPSA) is 94.7 Å². The van der Waals surface area contributed by atoms with Crippen molar-refractivity contribution >= 4 is 40.4 Å². The Bertz CT molecular complexity index is 1710. The Labute approximate surface area is 262 Å². The van der Waals surface area contributed by atoms with E-state index in [4.69, 9.17) is 4.74 Å². The van der Waals surface area contributed by atoms with Gasteiger partial charge in [0.15, 0.2) is 6.10 Å². The third-order valence-corrected chi connectivity index (χ3v) is 8.08. The minimum Gasteiger partial charge on any atom is -0.444 e. The van der Waals surface area contributed by atoms with Crippen molar-refractivity contribution in [3.05, 3.63) is 126 Å². The van der Waals surface area contributed by atoms with Gasteiger partial charge in [-0.1, -0.05) is 96.7 Å². The summed E-state index contributed by atoms with van der Waals surface area (Å²) in [4.78, 5) is 32.9. The number of aromatic amines is 1. The lowest BCUT2D eigenvalue weighted by molar-refractivity contribution is -0.141. The van der Waals surface area contributed by atoms with Crippen LogP contribution in [0.1, 0.15) is 43.6 Å². The monoisotopic (exact) mass is 607 g/mol. The zero-order chi connectivity index (χ0) is 31.1. The Kier molecular flexibility index (Phi) is 9.72. The molecule has 0 aliphatic carbocycles. The predicted octanol–water partition coefficient (Wildman–Crippen LogP) is 7.97. The molecule has 1 unspecified atom stereocenters. The zero-order valence-electron chi connectivity index (χ0n) is 25.1. The van der Waals surface area contributed by atoms with E-state index in [1.807, 2.05) is 60.7 Å². The average molecular weight is 608 g/mol. The van der Waals surface area contributed by atoms with Gasteiger partial charge in [-0.3, -0.25) is 10.1 Å². The second kappa shape index (κ2) is 13.8.